The predicted molar refractivity (Wildman–Crippen MR) is 112 cm³/mol. The van der Waals surface area contributed by atoms with Gasteiger partial charge >= 0.3 is 0 Å². The second-order valence-corrected chi connectivity index (χ2v) is 8.49. The Bertz CT molecular complexity index is 1080. The number of rotatable bonds is 2. The molecule has 3 aromatic rings. The van der Waals surface area contributed by atoms with Gasteiger partial charge in [0.2, 0.25) is 0 Å². The first-order valence-electron chi connectivity index (χ1n) is 10.8. The van der Waals surface area contributed by atoms with Crippen LogP contribution in [0, 0.1) is 6.92 Å². The Labute approximate surface area is 165 Å². The summed E-state index contributed by atoms with van der Waals surface area (Å²) in [5.74, 6) is 2.31. The minimum Gasteiger partial charge on any atom is -0.327 e. The molecule has 144 valence electrons. The highest BCUT2D eigenvalue weighted by atomic mass is 15.2. The van der Waals surface area contributed by atoms with Crippen molar-refractivity contribution in [3.8, 4) is 5.69 Å². The zero-order valence-corrected chi connectivity index (χ0v) is 16.6. The number of hydrogen-bond donors (Lipinski definition) is 0. The Hall–Kier alpha value is -2.40. The number of nitrogens with zero attached hydrogens (tertiary/aromatic N) is 5. The second kappa shape index (κ2) is 6.31. The number of allylic oxidation sites excluding steroid dienone is 1. The average molecular weight is 374 g/mol. The molecular formula is C23H27N5. The minimum absolute atomic E-state index is 0.825. The van der Waals surface area contributed by atoms with Gasteiger partial charge in [-0.3, -0.25) is 9.47 Å². The van der Waals surface area contributed by atoms with Crippen LogP contribution < -0.4 is 0 Å². The van der Waals surface area contributed by atoms with Gasteiger partial charge in [0.15, 0.2) is 0 Å². The van der Waals surface area contributed by atoms with Gasteiger partial charge in [0.25, 0.3) is 0 Å². The maximum absolute atomic E-state index is 5.05. The van der Waals surface area contributed by atoms with Gasteiger partial charge in [-0.2, -0.15) is 0 Å². The first-order valence-corrected chi connectivity index (χ1v) is 10.8. The lowest BCUT2D eigenvalue weighted by atomic mass is 9.91. The van der Waals surface area contributed by atoms with Crippen LogP contribution >= 0.6 is 0 Å². The molecule has 28 heavy (non-hydrogen) atoms. The SMILES string of the molecule is Cc1nc2c(n1-c1ccc3c(c1)nc1n3CCN(C3CCC3)CC1)C=CCC2. The third kappa shape index (κ3) is 2.49. The summed E-state index contributed by atoms with van der Waals surface area (Å²) in [5, 5.41) is 0. The number of aromatic nitrogens is 4. The fourth-order valence-electron chi connectivity index (χ4n) is 5.15. The van der Waals surface area contributed by atoms with E-state index in [0.717, 1.165) is 56.3 Å². The molecule has 1 aliphatic heterocycles. The van der Waals surface area contributed by atoms with Crippen molar-refractivity contribution in [1.29, 1.82) is 0 Å². The first kappa shape index (κ1) is 16.5. The van der Waals surface area contributed by atoms with Gasteiger partial charge in [-0.15, -0.1) is 0 Å². The van der Waals surface area contributed by atoms with E-state index in [-0.39, 0.29) is 0 Å². The molecule has 1 fully saturated rings. The van der Waals surface area contributed by atoms with E-state index in [1.54, 1.807) is 0 Å². The van der Waals surface area contributed by atoms with Crippen molar-refractivity contribution in [1.82, 2.24) is 24.0 Å². The van der Waals surface area contributed by atoms with Gasteiger partial charge in [0.1, 0.15) is 11.6 Å². The number of imidazole rings is 2. The van der Waals surface area contributed by atoms with E-state index in [9.17, 15) is 0 Å². The summed E-state index contributed by atoms with van der Waals surface area (Å²) in [6.07, 6.45) is 11.8. The summed E-state index contributed by atoms with van der Waals surface area (Å²) in [6, 6.07) is 7.57. The van der Waals surface area contributed by atoms with Crippen LogP contribution in [0.3, 0.4) is 0 Å². The van der Waals surface area contributed by atoms with Crippen molar-refractivity contribution in [3.63, 3.8) is 0 Å². The van der Waals surface area contributed by atoms with Crippen molar-refractivity contribution in [2.24, 2.45) is 0 Å². The zero-order chi connectivity index (χ0) is 18.7. The Kier molecular flexibility index (Phi) is 3.73. The molecule has 3 aliphatic rings. The van der Waals surface area contributed by atoms with Crippen LogP contribution in [-0.2, 0) is 19.4 Å². The molecule has 2 aliphatic carbocycles. The van der Waals surface area contributed by atoms with E-state index < -0.39 is 0 Å². The van der Waals surface area contributed by atoms with E-state index >= 15 is 0 Å². The molecule has 0 saturated heterocycles. The maximum atomic E-state index is 5.05. The molecule has 1 saturated carbocycles. The molecule has 0 N–H and O–H groups in total. The highest BCUT2D eigenvalue weighted by Crippen LogP contribution is 2.29. The number of hydrogen-bond acceptors (Lipinski definition) is 3. The van der Waals surface area contributed by atoms with E-state index in [2.05, 4.69) is 51.3 Å². The van der Waals surface area contributed by atoms with Crippen molar-refractivity contribution in [2.75, 3.05) is 13.1 Å². The van der Waals surface area contributed by atoms with Gasteiger partial charge in [0, 0.05) is 37.8 Å². The lowest BCUT2D eigenvalue weighted by molar-refractivity contribution is 0.130. The number of aryl methyl sites for hydroxylation is 2. The molecule has 0 bridgehead atoms. The number of fused-ring (bicyclic) bond motifs is 4. The molecule has 2 aromatic heterocycles. The summed E-state index contributed by atoms with van der Waals surface area (Å²) in [6.45, 7) is 5.47. The third-order valence-corrected chi connectivity index (χ3v) is 6.87. The van der Waals surface area contributed by atoms with Gasteiger partial charge in [0.05, 0.1) is 22.4 Å². The standard InChI is InChI=1S/C23H27N5/c1-16-24-19-7-2-3-8-22(19)28(16)18-9-10-21-20(15-18)25-23-11-12-26(13-14-27(21)23)17-5-4-6-17/h3,8-10,15,17H,2,4-7,11-14H2,1H3. The summed E-state index contributed by atoms with van der Waals surface area (Å²) in [7, 11) is 0. The maximum Gasteiger partial charge on any atom is 0.111 e. The van der Waals surface area contributed by atoms with E-state index in [0.29, 0.717) is 0 Å². The largest absolute Gasteiger partial charge is 0.327 e. The lowest BCUT2D eigenvalue weighted by Crippen LogP contribution is -2.41. The normalized spacial score (nSPS) is 20.0. The molecule has 5 nitrogen and oxygen atoms in total. The van der Waals surface area contributed by atoms with E-state index in [4.69, 9.17) is 9.97 Å². The predicted octanol–water partition coefficient (Wildman–Crippen LogP) is 3.90. The smallest absolute Gasteiger partial charge is 0.111 e. The second-order valence-electron chi connectivity index (χ2n) is 8.49. The third-order valence-electron chi connectivity index (χ3n) is 6.87. The van der Waals surface area contributed by atoms with Gasteiger partial charge in [-0.1, -0.05) is 12.5 Å². The fraction of sp³-hybridized carbons (Fsp3) is 0.478. The molecule has 5 heteroatoms. The Morgan fingerprint density at radius 1 is 1.04 bits per heavy atom. The minimum atomic E-state index is 0.825. The van der Waals surface area contributed by atoms with Crippen molar-refractivity contribution < 1.29 is 0 Å². The van der Waals surface area contributed by atoms with Crippen LogP contribution in [0.15, 0.2) is 24.3 Å². The van der Waals surface area contributed by atoms with Gasteiger partial charge in [-0.05, 0) is 56.9 Å². The summed E-state index contributed by atoms with van der Waals surface area (Å²) < 4.78 is 4.74. The fourth-order valence-corrected chi connectivity index (χ4v) is 5.15. The summed E-state index contributed by atoms with van der Waals surface area (Å²) in [4.78, 5) is 12.5. The Morgan fingerprint density at radius 3 is 2.82 bits per heavy atom. The summed E-state index contributed by atoms with van der Waals surface area (Å²) >= 11 is 0. The highest BCUT2D eigenvalue weighted by Gasteiger charge is 2.27. The van der Waals surface area contributed by atoms with Gasteiger partial charge in [-0.25, -0.2) is 9.97 Å². The topological polar surface area (TPSA) is 38.9 Å². The lowest BCUT2D eigenvalue weighted by Gasteiger charge is -2.36. The molecule has 3 heterocycles. The van der Waals surface area contributed by atoms with Crippen LogP contribution in [0.4, 0.5) is 0 Å². The van der Waals surface area contributed by atoms with Gasteiger partial charge < -0.3 is 4.57 Å². The van der Waals surface area contributed by atoms with Crippen molar-refractivity contribution in [3.05, 3.63) is 47.3 Å². The van der Waals surface area contributed by atoms with Crippen LogP contribution in [-0.4, -0.2) is 43.1 Å². The number of benzene rings is 1. The molecule has 0 atom stereocenters. The van der Waals surface area contributed by atoms with Crippen LogP contribution in [0.2, 0.25) is 0 Å². The van der Waals surface area contributed by atoms with E-state index in [1.807, 2.05) is 0 Å². The molecular weight excluding hydrogens is 346 g/mol. The Balaban J connectivity index is 1.37. The molecule has 0 unspecified atom stereocenters. The molecule has 0 amide bonds. The van der Waals surface area contributed by atoms with Crippen LogP contribution in [0.1, 0.15) is 48.7 Å². The van der Waals surface area contributed by atoms with Crippen LogP contribution in [0.5, 0.6) is 0 Å². The zero-order valence-electron chi connectivity index (χ0n) is 16.6. The highest BCUT2D eigenvalue weighted by molar-refractivity contribution is 5.79. The summed E-state index contributed by atoms with van der Waals surface area (Å²) in [5.41, 5.74) is 6.02. The van der Waals surface area contributed by atoms with Crippen LogP contribution in [0.25, 0.3) is 22.8 Å². The first-order chi connectivity index (χ1) is 13.8. The average Bonchev–Trinajstić information content (AvgIpc) is 3.10. The molecule has 6 rings (SSSR count). The quantitative estimate of drug-likeness (QED) is 0.684. The molecule has 0 spiro atoms. The van der Waals surface area contributed by atoms with Crippen molar-refractivity contribution in [2.45, 2.75) is 58.0 Å². The monoisotopic (exact) mass is 373 g/mol. The molecule has 0 radical (unpaired) electrons. The van der Waals surface area contributed by atoms with E-state index in [1.165, 1.54) is 47.7 Å². The Morgan fingerprint density at radius 2 is 1.96 bits per heavy atom. The van der Waals surface area contributed by atoms with Crippen molar-refractivity contribution >= 4 is 17.1 Å². The molecule has 1 aromatic carbocycles.